The second-order valence-electron chi connectivity index (χ2n) is 6.94. The van der Waals surface area contributed by atoms with Crippen molar-refractivity contribution < 1.29 is 14.8 Å². The number of nitrogens with zero attached hydrogens (tertiary/aromatic N) is 2. The largest absolute Gasteiger partial charge is 0.550 e. The van der Waals surface area contributed by atoms with Gasteiger partial charge in [-0.25, -0.2) is 0 Å². The van der Waals surface area contributed by atoms with E-state index in [0.717, 1.165) is 51.7 Å². The highest BCUT2D eigenvalue weighted by Crippen LogP contribution is 2.31. The molecular formula is C15H25N3O3. The lowest BCUT2D eigenvalue weighted by molar-refractivity contribution is -0.943. The minimum absolute atomic E-state index is 0.133. The van der Waals surface area contributed by atoms with Crippen LogP contribution in [0.4, 0.5) is 0 Å². The number of nitroso groups, excluding NO2 is 1. The van der Waals surface area contributed by atoms with E-state index in [4.69, 9.17) is 0 Å². The van der Waals surface area contributed by atoms with E-state index in [0.29, 0.717) is 6.42 Å². The van der Waals surface area contributed by atoms with Gasteiger partial charge in [0.2, 0.25) is 0 Å². The Morgan fingerprint density at radius 2 is 2.00 bits per heavy atom. The van der Waals surface area contributed by atoms with E-state index in [-0.39, 0.29) is 23.9 Å². The summed E-state index contributed by atoms with van der Waals surface area (Å²) in [5.41, 5.74) is 0. The smallest absolute Gasteiger partial charge is 0.0956 e. The number of quaternary nitrogens is 1. The van der Waals surface area contributed by atoms with Gasteiger partial charge in [-0.2, -0.15) is 0 Å². The van der Waals surface area contributed by atoms with Gasteiger partial charge in [-0.1, -0.05) is 0 Å². The Bertz CT molecular complexity index is 404. The zero-order valence-corrected chi connectivity index (χ0v) is 12.5. The summed E-state index contributed by atoms with van der Waals surface area (Å²) in [5, 5.41) is 16.4. The number of nitrogens with one attached hydrogen (secondary N) is 1. The molecule has 0 amide bonds. The molecule has 0 radical (unpaired) electrons. The van der Waals surface area contributed by atoms with Crippen molar-refractivity contribution >= 4 is 5.97 Å². The summed E-state index contributed by atoms with van der Waals surface area (Å²) in [6.07, 6.45) is 7.06. The summed E-state index contributed by atoms with van der Waals surface area (Å²) in [6.45, 7) is 2.77. The van der Waals surface area contributed by atoms with Gasteiger partial charge in [0.1, 0.15) is 0 Å². The predicted octanol–water partition coefficient (Wildman–Crippen LogP) is -0.654. The van der Waals surface area contributed by atoms with Crippen LogP contribution >= 0.6 is 0 Å². The second kappa shape index (κ2) is 6.30. The standard InChI is InChI=1S/C15H25N3O3/c19-15(20)12-9-11(10-17-7-3-1-6-14(12)17)13-5-2-4-8-18(13)16-21/h11-14H,1-10H2,(H,19,20)/t11-,12-,13-,14-/m0/s1. The SMILES string of the molecule is O=NN1CCCC[C@H]1[C@H]1C[C@H](C(=O)[O-])[C@@H]2CCCC[NH+]2C1. The van der Waals surface area contributed by atoms with Crippen LogP contribution in [0.3, 0.4) is 0 Å². The molecule has 21 heavy (non-hydrogen) atoms. The molecule has 1 unspecified atom stereocenters. The van der Waals surface area contributed by atoms with Crippen molar-refractivity contribution in [3.8, 4) is 0 Å². The molecule has 3 heterocycles. The first-order valence-electron chi connectivity index (χ1n) is 8.36. The van der Waals surface area contributed by atoms with E-state index in [1.807, 2.05) is 0 Å². The van der Waals surface area contributed by atoms with Gasteiger partial charge in [0.05, 0.1) is 42.3 Å². The lowest BCUT2D eigenvalue weighted by Gasteiger charge is -2.48. The highest BCUT2D eigenvalue weighted by atomic mass is 16.4. The molecule has 6 heteroatoms. The molecule has 118 valence electrons. The lowest BCUT2D eigenvalue weighted by atomic mass is 9.75. The fourth-order valence-corrected chi connectivity index (χ4v) is 4.83. The van der Waals surface area contributed by atoms with Gasteiger partial charge in [-0.05, 0) is 38.5 Å². The van der Waals surface area contributed by atoms with Crippen molar-refractivity contribution in [1.82, 2.24) is 5.01 Å². The van der Waals surface area contributed by atoms with Crippen molar-refractivity contribution in [2.75, 3.05) is 19.6 Å². The summed E-state index contributed by atoms with van der Waals surface area (Å²) in [4.78, 5) is 24.0. The number of hydrogen-bond donors (Lipinski definition) is 1. The van der Waals surface area contributed by atoms with E-state index >= 15 is 0 Å². The van der Waals surface area contributed by atoms with Crippen molar-refractivity contribution in [1.29, 1.82) is 0 Å². The Kier molecular flexibility index (Phi) is 4.42. The summed E-state index contributed by atoms with van der Waals surface area (Å²) in [5.74, 6) is -0.991. The molecule has 3 aliphatic rings. The van der Waals surface area contributed by atoms with Crippen molar-refractivity contribution in [2.45, 2.75) is 57.0 Å². The lowest BCUT2D eigenvalue weighted by Crippen LogP contribution is -3.19. The highest BCUT2D eigenvalue weighted by Gasteiger charge is 2.45. The Hall–Kier alpha value is -1.17. The number of carbonyl (C=O) groups excluding carboxylic acids is 1. The maximum atomic E-state index is 11.6. The normalized spacial score (nSPS) is 40.4. The molecule has 1 N–H and O–H groups in total. The Labute approximate surface area is 125 Å². The van der Waals surface area contributed by atoms with Crippen LogP contribution in [-0.4, -0.2) is 42.7 Å². The highest BCUT2D eigenvalue weighted by molar-refractivity contribution is 5.68. The molecule has 0 aliphatic carbocycles. The molecule has 0 saturated carbocycles. The Morgan fingerprint density at radius 1 is 1.19 bits per heavy atom. The molecule has 3 rings (SSSR count). The van der Waals surface area contributed by atoms with Crippen LogP contribution in [0.25, 0.3) is 0 Å². The van der Waals surface area contributed by atoms with Gasteiger partial charge in [0.15, 0.2) is 0 Å². The van der Waals surface area contributed by atoms with Gasteiger partial charge >= 0.3 is 0 Å². The first kappa shape index (κ1) is 14.8. The van der Waals surface area contributed by atoms with E-state index in [1.165, 1.54) is 11.3 Å². The first-order chi connectivity index (χ1) is 10.2. The van der Waals surface area contributed by atoms with Crippen LogP contribution < -0.4 is 10.0 Å². The number of carboxylic acid groups (broad SMARTS) is 1. The average molecular weight is 295 g/mol. The molecule has 0 spiro atoms. The maximum absolute atomic E-state index is 11.6. The predicted molar refractivity (Wildman–Crippen MR) is 75.1 cm³/mol. The van der Waals surface area contributed by atoms with Crippen LogP contribution in [0.15, 0.2) is 5.29 Å². The minimum Gasteiger partial charge on any atom is -0.550 e. The third-order valence-corrected chi connectivity index (χ3v) is 5.83. The molecule has 0 aromatic carbocycles. The van der Waals surface area contributed by atoms with E-state index in [1.54, 1.807) is 5.01 Å². The van der Waals surface area contributed by atoms with Crippen molar-refractivity contribution in [3.63, 3.8) is 0 Å². The number of carbonyl (C=O) groups is 1. The second-order valence-corrected chi connectivity index (χ2v) is 6.94. The van der Waals surface area contributed by atoms with Crippen LogP contribution in [0.2, 0.25) is 0 Å². The third-order valence-electron chi connectivity index (χ3n) is 5.83. The topological polar surface area (TPSA) is 77.2 Å². The summed E-state index contributed by atoms with van der Waals surface area (Å²) in [6, 6.07) is 0.356. The fraction of sp³-hybridized carbons (Fsp3) is 0.933. The molecule has 0 bridgehead atoms. The van der Waals surface area contributed by atoms with Crippen molar-refractivity contribution in [3.05, 3.63) is 4.91 Å². The minimum atomic E-state index is -0.898. The Morgan fingerprint density at radius 3 is 2.76 bits per heavy atom. The molecule has 6 nitrogen and oxygen atoms in total. The molecule has 0 aromatic heterocycles. The Balaban J connectivity index is 1.76. The summed E-state index contributed by atoms with van der Waals surface area (Å²) >= 11 is 0. The number of hydrogen-bond acceptors (Lipinski definition) is 4. The zero-order valence-electron chi connectivity index (χ0n) is 12.5. The van der Waals surface area contributed by atoms with E-state index in [9.17, 15) is 14.8 Å². The van der Waals surface area contributed by atoms with Crippen molar-refractivity contribution in [2.24, 2.45) is 17.1 Å². The molecule has 3 aliphatic heterocycles. The van der Waals surface area contributed by atoms with E-state index < -0.39 is 5.97 Å². The van der Waals surface area contributed by atoms with Crippen LogP contribution in [0.5, 0.6) is 0 Å². The van der Waals surface area contributed by atoms with Gasteiger partial charge in [0.25, 0.3) is 0 Å². The molecule has 3 saturated heterocycles. The van der Waals surface area contributed by atoms with Gasteiger partial charge in [-0.15, -0.1) is 4.91 Å². The third kappa shape index (κ3) is 2.91. The molecular weight excluding hydrogens is 270 g/mol. The molecule has 0 aromatic rings. The van der Waals surface area contributed by atoms with Crippen LogP contribution in [0, 0.1) is 16.7 Å². The monoisotopic (exact) mass is 295 g/mol. The molecule has 5 atom stereocenters. The van der Waals surface area contributed by atoms with Gasteiger partial charge < -0.3 is 14.8 Å². The number of aliphatic carboxylic acids is 1. The van der Waals surface area contributed by atoms with Crippen LogP contribution in [0.1, 0.15) is 44.9 Å². The number of piperidine rings is 3. The number of fused-ring (bicyclic) bond motifs is 1. The summed E-state index contributed by atoms with van der Waals surface area (Å²) in [7, 11) is 0. The number of carboxylic acids is 1. The fourth-order valence-electron chi connectivity index (χ4n) is 4.83. The van der Waals surface area contributed by atoms with Gasteiger partial charge in [0, 0.05) is 18.9 Å². The van der Waals surface area contributed by atoms with Crippen LogP contribution in [-0.2, 0) is 4.79 Å². The zero-order chi connectivity index (χ0) is 14.8. The summed E-state index contributed by atoms with van der Waals surface area (Å²) < 4.78 is 0. The maximum Gasteiger partial charge on any atom is 0.0956 e. The quantitative estimate of drug-likeness (QED) is 0.702. The average Bonchev–Trinajstić information content (AvgIpc) is 2.53. The van der Waals surface area contributed by atoms with E-state index in [2.05, 4.69) is 5.29 Å². The number of rotatable bonds is 3. The molecule has 3 fully saturated rings. The van der Waals surface area contributed by atoms with Gasteiger partial charge in [-0.3, -0.25) is 5.01 Å². The first-order valence-corrected chi connectivity index (χ1v) is 8.36.